The average Bonchev–Trinajstić information content (AvgIpc) is 3.56. The van der Waals surface area contributed by atoms with E-state index >= 15 is 0 Å². The molecule has 0 spiro atoms. The van der Waals surface area contributed by atoms with Crippen molar-refractivity contribution in [3.8, 4) is 5.75 Å². The van der Waals surface area contributed by atoms with Crippen molar-refractivity contribution in [1.82, 2.24) is 4.90 Å². The molecule has 7 nitrogen and oxygen atoms in total. The quantitative estimate of drug-likeness (QED) is 0.163. The molecule has 1 aliphatic rings. The molecule has 0 bridgehead atoms. The van der Waals surface area contributed by atoms with Crippen LogP contribution in [-0.4, -0.2) is 61.9 Å². The Kier molecular flexibility index (Phi) is 9.50. The molecule has 198 valence electrons. The minimum atomic E-state index is -0.0756. The highest BCUT2D eigenvalue weighted by Gasteiger charge is 2.28. The van der Waals surface area contributed by atoms with Crippen molar-refractivity contribution >= 4 is 39.9 Å². The lowest BCUT2D eigenvalue weighted by Gasteiger charge is -2.25. The Bertz CT molecular complexity index is 1210. The molecule has 2 aromatic carbocycles. The molecule has 37 heavy (non-hydrogen) atoms. The fourth-order valence-electron chi connectivity index (χ4n) is 4.64. The minimum Gasteiger partial charge on any atom is -0.506 e. The number of aromatic hydroxyl groups is 1. The van der Waals surface area contributed by atoms with E-state index in [1.807, 2.05) is 12.1 Å². The monoisotopic (exact) mass is 525 g/mol. The number of phenolic OH excluding ortho intramolecular Hbond substituents is 1. The van der Waals surface area contributed by atoms with E-state index in [1.165, 1.54) is 11.8 Å². The summed E-state index contributed by atoms with van der Waals surface area (Å²) in [5, 5.41) is 13.8. The van der Waals surface area contributed by atoms with Crippen LogP contribution >= 0.6 is 11.6 Å². The molecule has 3 aromatic rings. The number of benzene rings is 2. The summed E-state index contributed by atoms with van der Waals surface area (Å²) in [4.78, 5) is 17.3. The van der Waals surface area contributed by atoms with Gasteiger partial charge in [-0.05, 0) is 68.3 Å². The molecule has 4 rings (SSSR count). The number of nitrogens with zero attached hydrogens (tertiary/aromatic N) is 2. The van der Waals surface area contributed by atoms with Crippen LogP contribution in [0.5, 0.6) is 5.75 Å². The van der Waals surface area contributed by atoms with Crippen LogP contribution < -0.4 is 10.2 Å². The van der Waals surface area contributed by atoms with Crippen LogP contribution in [0, 0.1) is 5.92 Å². The maximum atomic E-state index is 12.6. The topological polar surface area (TPSA) is 78.2 Å². The van der Waals surface area contributed by atoms with Gasteiger partial charge in [-0.15, -0.1) is 0 Å². The third kappa shape index (κ3) is 7.51. The molecule has 1 atom stereocenters. The lowest BCUT2D eigenvalue weighted by atomic mass is 10.1. The number of likely N-dealkylation sites (tertiary alicyclic amines) is 1. The Labute approximate surface area is 223 Å². The van der Waals surface area contributed by atoms with Gasteiger partial charge in [-0.2, -0.15) is 0 Å². The second kappa shape index (κ2) is 13.0. The number of hydrogen-bond donors (Lipinski definition) is 2. The number of amides is 1. The molecule has 1 unspecified atom stereocenters. The number of anilines is 2. The molecule has 0 aliphatic carbocycles. The number of furan rings is 1. The molecular formula is C29H36ClN3O4. The first-order valence-electron chi connectivity index (χ1n) is 12.9. The SMILES string of the molecule is C=C(CCN(CCC)c1ccc2occc2c1)COCCN1CCC(C(=O)Nc2ccc(O)c(Cl)c2)C1. The number of phenols is 1. The number of ether oxygens (including phenoxy) is 1. The van der Waals surface area contributed by atoms with Gasteiger partial charge >= 0.3 is 0 Å². The van der Waals surface area contributed by atoms with E-state index in [0.29, 0.717) is 25.4 Å². The predicted octanol–water partition coefficient (Wildman–Crippen LogP) is 5.93. The van der Waals surface area contributed by atoms with Gasteiger partial charge in [0.25, 0.3) is 0 Å². The molecule has 1 aliphatic heterocycles. The summed E-state index contributed by atoms with van der Waals surface area (Å²) < 4.78 is 11.4. The van der Waals surface area contributed by atoms with Gasteiger partial charge in [0.1, 0.15) is 11.3 Å². The van der Waals surface area contributed by atoms with Crippen LogP contribution in [0.2, 0.25) is 5.02 Å². The second-order valence-electron chi connectivity index (χ2n) is 9.62. The van der Waals surface area contributed by atoms with Crippen LogP contribution in [-0.2, 0) is 9.53 Å². The maximum absolute atomic E-state index is 12.6. The fourth-order valence-corrected chi connectivity index (χ4v) is 4.83. The van der Waals surface area contributed by atoms with Gasteiger partial charge in [-0.1, -0.05) is 30.7 Å². The van der Waals surface area contributed by atoms with E-state index < -0.39 is 0 Å². The van der Waals surface area contributed by atoms with Gasteiger partial charge in [-0.3, -0.25) is 4.79 Å². The Morgan fingerprint density at radius 2 is 2.14 bits per heavy atom. The summed E-state index contributed by atoms with van der Waals surface area (Å²) in [7, 11) is 0. The van der Waals surface area contributed by atoms with Gasteiger partial charge in [-0.25, -0.2) is 0 Å². The molecule has 8 heteroatoms. The van der Waals surface area contributed by atoms with Crippen LogP contribution in [0.3, 0.4) is 0 Å². The molecule has 0 saturated carbocycles. The van der Waals surface area contributed by atoms with Gasteiger partial charge in [0.15, 0.2) is 0 Å². The number of carbonyl (C=O) groups excluding carboxylic acids is 1. The van der Waals surface area contributed by atoms with E-state index in [1.54, 1.807) is 18.4 Å². The van der Waals surface area contributed by atoms with E-state index in [4.69, 9.17) is 20.8 Å². The fraction of sp³-hybridized carbons (Fsp3) is 0.414. The van der Waals surface area contributed by atoms with Crippen molar-refractivity contribution < 1.29 is 19.1 Å². The summed E-state index contributed by atoms with van der Waals surface area (Å²) in [6, 6.07) is 13.0. The summed E-state index contributed by atoms with van der Waals surface area (Å²) >= 11 is 5.93. The van der Waals surface area contributed by atoms with Gasteiger partial charge in [0, 0.05) is 42.9 Å². The lowest BCUT2D eigenvalue weighted by molar-refractivity contribution is -0.119. The highest BCUT2D eigenvalue weighted by molar-refractivity contribution is 6.32. The normalized spacial score (nSPS) is 15.8. The first-order valence-corrected chi connectivity index (χ1v) is 13.3. The van der Waals surface area contributed by atoms with Gasteiger partial charge < -0.3 is 29.4 Å². The van der Waals surface area contributed by atoms with Crippen molar-refractivity contribution in [1.29, 1.82) is 0 Å². The van der Waals surface area contributed by atoms with E-state index in [2.05, 4.69) is 40.8 Å². The maximum Gasteiger partial charge on any atom is 0.228 e. The smallest absolute Gasteiger partial charge is 0.228 e. The number of rotatable bonds is 13. The number of hydrogen-bond acceptors (Lipinski definition) is 6. The first kappa shape index (κ1) is 27.0. The van der Waals surface area contributed by atoms with Crippen molar-refractivity contribution in [2.75, 3.05) is 56.2 Å². The van der Waals surface area contributed by atoms with Gasteiger partial charge in [0.2, 0.25) is 5.91 Å². The Hall–Kier alpha value is -3.00. The predicted molar refractivity (Wildman–Crippen MR) is 150 cm³/mol. The molecule has 1 amide bonds. The summed E-state index contributed by atoms with van der Waals surface area (Å²) in [6.07, 6.45) is 4.48. The second-order valence-corrected chi connectivity index (χ2v) is 10.0. The Morgan fingerprint density at radius 1 is 1.27 bits per heavy atom. The average molecular weight is 526 g/mol. The number of halogens is 1. The molecule has 1 aromatic heterocycles. The Balaban J connectivity index is 1.14. The van der Waals surface area contributed by atoms with Crippen LogP contribution in [0.4, 0.5) is 11.4 Å². The summed E-state index contributed by atoms with van der Waals surface area (Å²) in [5.41, 5.74) is 3.78. The minimum absolute atomic E-state index is 0.0000609. The molecular weight excluding hydrogens is 490 g/mol. The summed E-state index contributed by atoms with van der Waals surface area (Å²) in [5.74, 6) is -0.101. The van der Waals surface area contributed by atoms with Crippen molar-refractivity contribution in [3.05, 3.63) is 65.9 Å². The van der Waals surface area contributed by atoms with Crippen LogP contribution in [0.1, 0.15) is 26.2 Å². The molecule has 2 N–H and O–H groups in total. The lowest BCUT2D eigenvalue weighted by Crippen LogP contribution is -2.29. The largest absolute Gasteiger partial charge is 0.506 e. The van der Waals surface area contributed by atoms with Crippen molar-refractivity contribution in [3.63, 3.8) is 0 Å². The number of carbonyl (C=O) groups is 1. The highest BCUT2D eigenvalue weighted by Crippen LogP contribution is 2.27. The van der Waals surface area contributed by atoms with Crippen LogP contribution in [0.15, 0.2) is 65.3 Å². The number of fused-ring (bicyclic) bond motifs is 1. The van der Waals surface area contributed by atoms with Crippen molar-refractivity contribution in [2.24, 2.45) is 5.92 Å². The molecule has 1 saturated heterocycles. The zero-order valence-corrected chi connectivity index (χ0v) is 22.2. The zero-order valence-electron chi connectivity index (χ0n) is 21.4. The third-order valence-electron chi connectivity index (χ3n) is 6.75. The highest BCUT2D eigenvalue weighted by atomic mass is 35.5. The third-order valence-corrected chi connectivity index (χ3v) is 7.05. The first-order chi connectivity index (χ1) is 17.9. The number of nitrogens with one attached hydrogen (secondary N) is 1. The van der Waals surface area contributed by atoms with E-state index in [-0.39, 0.29) is 22.6 Å². The standard InChI is InChI=1S/C29H36ClN3O4/c1-3-11-33(25-5-7-28-22(17-25)10-15-37-28)13-8-21(2)20-36-16-14-32-12-9-23(19-32)29(35)31-24-4-6-27(34)26(30)18-24/h4-7,10,15,17-18,23,34H,2-3,8-9,11-14,16,19-20H2,1H3,(H,31,35). The molecule has 1 fully saturated rings. The van der Waals surface area contributed by atoms with Crippen LogP contribution in [0.25, 0.3) is 11.0 Å². The van der Waals surface area contributed by atoms with E-state index in [9.17, 15) is 9.90 Å². The van der Waals surface area contributed by atoms with Gasteiger partial charge in [0.05, 0.1) is 30.4 Å². The van der Waals surface area contributed by atoms with Crippen molar-refractivity contribution in [2.45, 2.75) is 26.2 Å². The summed E-state index contributed by atoms with van der Waals surface area (Å²) in [6.45, 7) is 11.8. The Morgan fingerprint density at radius 3 is 2.95 bits per heavy atom. The molecule has 2 heterocycles. The zero-order chi connectivity index (χ0) is 26.2. The molecule has 0 radical (unpaired) electrons. The van der Waals surface area contributed by atoms with E-state index in [0.717, 1.165) is 62.0 Å².